The molecule has 5 aromatic heterocycles. The molecule has 12 rings (SSSR count). The second kappa shape index (κ2) is 12.4. The molecule has 280 valence electrons. The molecule has 0 unspecified atom stereocenters. The van der Waals surface area contributed by atoms with E-state index in [2.05, 4.69) is 46.9 Å². The summed E-state index contributed by atoms with van der Waals surface area (Å²) in [5.41, 5.74) is 7.55. The van der Waals surface area contributed by atoms with Crippen LogP contribution in [0.15, 0.2) is 158 Å². The van der Waals surface area contributed by atoms with Crippen molar-refractivity contribution >= 4 is 70.9 Å². The van der Waals surface area contributed by atoms with Crippen molar-refractivity contribution in [2.75, 3.05) is 0 Å². The number of aromatic nitrogens is 5. The fourth-order valence-corrected chi connectivity index (χ4v) is 9.71. The van der Waals surface area contributed by atoms with Crippen LogP contribution in [0.5, 0.6) is 11.5 Å². The minimum absolute atomic E-state index is 0.0342. The third-order valence-electron chi connectivity index (χ3n) is 11.4. The summed E-state index contributed by atoms with van der Waals surface area (Å²) in [6.07, 6.45) is 1.62. The van der Waals surface area contributed by atoms with E-state index >= 15 is 0 Å². The monoisotopic (exact) mass is 937 g/mol. The number of benzene rings is 7. The van der Waals surface area contributed by atoms with E-state index in [1.165, 1.54) is 10.6 Å². The SMILES string of the molecule is [2H]C([2H])([2H])c1ccc(-n2[c](=[Pt])n(C([2H])([2H])[2H])c3ccccc32)cc1Oc1ccc2c3cc4c5cccc6c7ccccc7n(c4cc3n(-c3cc(C([2H])([2H])[2H])c(-c4ccccc4)cn3)c2c1)c65. The van der Waals surface area contributed by atoms with Crippen molar-refractivity contribution in [1.82, 2.24) is 23.1 Å². The summed E-state index contributed by atoms with van der Waals surface area (Å²) in [5.74, 6) is 0.752. The number of pyridine rings is 1. The zero-order valence-corrected chi connectivity index (χ0v) is 32.7. The van der Waals surface area contributed by atoms with Crippen molar-refractivity contribution in [2.45, 2.75) is 13.7 Å². The van der Waals surface area contributed by atoms with Gasteiger partial charge in [-0.15, -0.1) is 0 Å². The summed E-state index contributed by atoms with van der Waals surface area (Å²) in [7, 11) is 0. The van der Waals surface area contributed by atoms with E-state index < -0.39 is 20.7 Å². The molecule has 0 aliphatic carbocycles. The number of hydrogen-bond acceptors (Lipinski definition) is 2. The molecule has 7 aromatic carbocycles. The van der Waals surface area contributed by atoms with Gasteiger partial charge in [0.1, 0.15) is 0 Å². The van der Waals surface area contributed by atoms with E-state index in [9.17, 15) is 0 Å². The van der Waals surface area contributed by atoms with Crippen molar-refractivity contribution in [3.05, 3.63) is 173 Å². The fourth-order valence-electron chi connectivity index (χ4n) is 8.87. The summed E-state index contributed by atoms with van der Waals surface area (Å²) >= 11 is 1.98. The van der Waals surface area contributed by atoms with Crippen LogP contribution in [0.4, 0.5) is 0 Å². The Morgan fingerprint density at radius 1 is 0.552 bits per heavy atom. The van der Waals surface area contributed by atoms with Crippen molar-refractivity contribution in [3.8, 4) is 34.1 Å². The molecule has 0 aliphatic heterocycles. The van der Waals surface area contributed by atoms with Crippen LogP contribution in [0.1, 0.15) is 23.5 Å². The number of ether oxygens (including phenoxy) is 1. The van der Waals surface area contributed by atoms with Crippen LogP contribution >= 0.6 is 0 Å². The van der Waals surface area contributed by atoms with Gasteiger partial charge in [-0.25, -0.2) is 0 Å². The maximum Gasteiger partial charge on any atom is 0.0620 e. The molecule has 0 bridgehead atoms. The van der Waals surface area contributed by atoms with Crippen LogP contribution < -0.4 is 4.74 Å². The molecule has 5 heterocycles. The predicted octanol–water partition coefficient (Wildman–Crippen LogP) is 12.8. The molecule has 0 N–H and O–H groups in total. The number of hydrogen-bond donors (Lipinski definition) is 0. The Hall–Kier alpha value is -6.75. The van der Waals surface area contributed by atoms with Gasteiger partial charge in [0.05, 0.1) is 16.6 Å². The van der Waals surface area contributed by atoms with E-state index in [0.717, 1.165) is 59.9 Å². The first-order valence-corrected chi connectivity index (χ1v) is 19.9. The Bertz CT molecular complexity index is 4070. The molecular weight excluding hydrogens is 894 g/mol. The summed E-state index contributed by atoms with van der Waals surface area (Å²) < 4.78 is 91.0. The third-order valence-corrected chi connectivity index (χ3v) is 12.5. The molecule has 0 fully saturated rings. The summed E-state index contributed by atoms with van der Waals surface area (Å²) in [4.78, 5) is 4.99. The van der Waals surface area contributed by atoms with Crippen LogP contribution in [0, 0.1) is 17.5 Å². The summed E-state index contributed by atoms with van der Waals surface area (Å²) in [6.45, 7) is -7.55. The Kier molecular flexibility index (Phi) is 5.44. The van der Waals surface area contributed by atoms with E-state index in [1.54, 1.807) is 47.2 Å². The predicted molar refractivity (Wildman–Crippen MR) is 234 cm³/mol. The fraction of sp³-hybridized carbons (Fsp3) is 0.0588. The quantitative estimate of drug-likeness (QED) is 0.173. The molecule has 0 saturated heterocycles. The number of fused-ring (bicyclic) bond motifs is 10. The number of imidazole rings is 1. The molecule has 0 spiro atoms. The Labute approximate surface area is 356 Å². The van der Waals surface area contributed by atoms with Gasteiger partial charge in [-0.1, -0.05) is 66.7 Å². The second-order valence-corrected chi connectivity index (χ2v) is 15.6. The molecule has 0 radical (unpaired) electrons. The molecule has 0 saturated carbocycles. The smallest absolute Gasteiger partial charge is 0.0620 e. The topological polar surface area (TPSA) is 41.3 Å². The van der Waals surface area contributed by atoms with Crippen LogP contribution in [0.2, 0.25) is 0 Å². The van der Waals surface area contributed by atoms with Gasteiger partial charge in [0, 0.05) is 37.4 Å². The Balaban J connectivity index is 1.11. The Morgan fingerprint density at radius 2 is 1.28 bits per heavy atom. The van der Waals surface area contributed by atoms with Crippen molar-refractivity contribution in [2.24, 2.45) is 6.98 Å². The van der Waals surface area contributed by atoms with E-state index in [-0.39, 0.29) is 16.9 Å². The van der Waals surface area contributed by atoms with Gasteiger partial charge in [-0.05, 0) is 24.0 Å². The first kappa shape index (κ1) is 25.5. The maximum absolute atomic E-state index is 8.70. The van der Waals surface area contributed by atoms with Crippen molar-refractivity contribution in [3.63, 3.8) is 0 Å². The molecular formula is C51H35N5OPt. The maximum atomic E-state index is 8.70. The average molecular weight is 938 g/mol. The molecule has 58 heavy (non-hydrogen) atoms. The van der Waals surface area contributed by atoms with Crippen molar-refractivity contribution < 1.29 is 36.4 Å². The molecule has 0 atom stereocenters. The summed E-state index contributed by atoms with van der Waals surface area (Å²) in [6, 6.07) is 47.5. The van der Waals surface area contributed by atoms with E-state index in [0.29, 0.717) is 43.2 Å². The molecule has 7 heteroatoms. The number of rotatable bonds is 5. The molecule has 12 aromatic rings. The van der Waals surface area contributed by atoms with Gasteiger partial charge >= 0.3 is 209 Å². The van der Waals surface area contributed by atoms with Gasteiger partial charge in [-0.3, -0.25) is 0 Å². The minimum atomic E-state index is -2.57. The van der Waals surface area contributed by atoms with E-state index in [1.807, 2.05) is 90.7 Å². The third kappa shape index (κ3) is 4.70. The number of aryl methyl sites for hydroxylation is 3. The first-order valence-electron chi connectivity index (χ1n) is 23.3. The minimum Gasteiger partial charge on any atom is 0.0620 e. The van der Waals surface area contributed by atoms with Gasteiger partial charge in [0.25, 0.3) is 0 Å². The van der Waals surface area contributed by atoms with Crippen LogP contribution in [0.3, 0.4) is 0 Å². The van der Waals surface area contributed by atoms with Crippen LogP contribution in [-0.4, -0.2) is 23.1 Å². The second-order valence-electron chi connectivity index (χ2n) is 14.6. The molecule has 0 aliphatic rings. The largest absolute Gasteiger partial charge is 0.0620 e. The normalized spacial score (nSPS) is 15.1. The molecule has 0 amide bonds. The molecule has 6 nitrogen and oxygen atoms in total. The van der Waals surface area contributed by atoms with Crippen LogP contribution in [-0.2, 0) is 26.3 Å². The number of nitrogens with zero attached hydrogens (tertiary/aromatic N) is 5. The van der Waals surface area contributed by atoms with Crippen LogP contribution in [0.25, 0.3) is 93.6 Å². The summed E-state index contributed by atoms with van der Waals surface area (Å²) in [5, 5.41) is 6.20. The Morgan fingerprint density at radius 3 is 2.12 bits per heavy atom. The standard InChI is InChI=1S/C51H35N5O.Pt/c1-31-20-21-34(54-30-53(3)44-18-9-10-19-45(44)54)25-49(31)57-35-22-23-37-40-27-41-39-16-11-15-38-36-14-7-8-17-43(36)56(51(38)39)48(41)28-47(40)55(46(37)26-35)50-24-32(2)42(29-52-50)33-12-5-4-6-13-33;/h4-29H,1-3H3;/i1D3,2D3,3D3;. The van der Waals surface area contributed by atoms with Gasteiger partial charge in [-0.2, -0.15) is 0 Å². The average Bonchev–Trinajstić information content (AvgIpc) is 4.01. The van der Waals surface area contributed by atoms with E-state index in [4.69, 9.17) is 22.1 Å². The van der Waals surface area contributed by atoms with Gasteiger partial charge in [0.2, 0.25) is 0 Å². The number of para-hydroxylation sites is 4. The van der Waals surface area contributed by atoms with Gasteiger partial charge < -0.3 is 4.40 Å². The zero-order valence-electron chi connectivity index (χ0n) is 39.5. The van der Waals surface area contributed by atoms with Gasteiger partial charge in [0.15, 0.2) is 0 Å². The zero-order chi connectivity index (χ0) is 46.3. The van der Waals surface area contributed by atoms with Crippen molar-refractivity contribution in [1.29, 1.82) is 0 Å². The first-order chi connectivity index (χ1) is 32.1.